The largest absolute Gasteiger partial charge is 0.448 e. The maximum Gasteiger partial charge on any atom is 0.433 e. The molecular formula is C10H12N2O2. The number of pyridine rings is 1. The second kappa shape index (κ2) is 5.85. The van der Waals surface area contributed by atoms with Crippen molar-refractivity contribution >= 4 is 12.3 Å². The van der Waals surface area contributed by atoms with Gasteiger partial charge < -0.3 is 4.74 Å². The number of aromatic nitrogens is 1. The average Bonchev–Trinajstić information content (AvgIpc) is 2.20. The minimum atomic E-state index is -0.540. The molecule has 74 valence electrons. The first-order valence-electron chi connectivity index (χ1n) is 4.37. The molecule has 0 fully saturated rings. The Labute approximate surface area is 82.6 Å². The molecule has 0 bridgehead atoms. The van der Waals surface area contributed by atoms with Crippen molar-refractivity contribution in [3.63, 3.8) is 0 Å². The summed E-state index contributed by atoms with van der Waals surface area (Å²) >= 11 is 0. The quantitative estimate of drug-likeness (QED) is 0.687. The highest BCUT2D eigenvalue weighted by Gasteiger charge is 1.97. The van der Waals surface area contributed by atoms with E-state index >= 15 is 0 Å². The van der Waals surface area contributed by atoms with Gasteiger partial charge >= 0.3 is 6.09 Å². The Hall–Kier alpha value is -1.71. The zero-order chi connectivity index (χ0) is 10.2. The summed E-state index contributed by atoms with van der Waals surface area (Å²) in [7, 11) is 0. The number of nitrogens with zero attached hydrogens (tertiary/aromatic N) is 2. The molecule has 0 aliphatic rings. The van der Waals surface area contributed by atoms with Crippen LogP contribution in [0.1, 0.15) is 12.5 Å². The molecular weight excluding hydrogens is 180 g/mol. The fraction of sp³-hybridized carbons (Fsp3) is 0.300. The molecule has 1 heterocycles. The Morgan fingerprint density at radius 2 is 2.29 bits per heavy atom. The van der Waals surface area contributed by atoms with Gasteiger partial charge in [-0.2, -0.15) is 4.99 Å². The van der Waals surface area contributed by atoms with Gasteiger partial charge in [-0.15, -0.1) is 0 Å². The van der Waals surface area contributed by atoms with Crippen molar-refractivity contribution in [3.05, 3.63) is 30.1 Å². The zero-order valence-electron chi connectivity index (χ0n) is 8.01. The van der Waals surface area contributed by atoms with E-state index in [1.165, 1.54) is 6.21 Å². The van der Waals surface area contributed by atoms with E-state index in [2.05, 4.69) is 9.98 Å². The third kappa shape index (κ3) is 3.80. The first-order chi connectivity index (χ1) is 6.83. The normalized spacial score (nSPS) is 10.4. The van der Waals surface area contributed by atoms with Crippen molar-refractivity contribution < 1.29 is 9.53 Å². The fourth-order valence-electron chi connectivity index (χ4n) is 0.948. The Bertz CT molecular complexity index is 309. The molecule has 14 heavy (non-hydrogen) atoms. The number of rotatable bonds is 3. The fourth-order valence-corrected chi connectivity index (χ4v) is 0.948. The van der Waals surface area contributed by atoms with Gasteiger partial charge in [-0.1, -0.05) is 0 Å². The number of ether oxygens (including phenoxy) is 1. The molecule has 0 spiro atoms. The first kappa shape index (κ1) is 10.4. The molecule has 4 heteroatoms. The molecule has 0 aliphatic heterocycles. The average molecular weight is 192 g/mol. The third-order valence-electron chi connectivity index (χ3n) is 1.60. The van der Waals surface area contributed by atoms with Crippen LogP contribution in [0.3, 0.4) is 0 Å². The maximum atomic E-state index is 10.8. The smallest absolute Gasteiger partial charge is 0.433 e. The highest BCUT2D eigenvalue weighted by molar-refractivity contribution is 5.78. The molecule has 0 unspecified atom stereocenters. The monoisotopic (exact) mass is 192 g/mol. The molecule has 1 aromatic heterocycles. The third-order valence-corrected chi connectivity index (χ3v) is 1.60. The Morgan fingerprint density at radius 1 is 1.57 bits per heavy atom. The van der Waals surface area contributed by atoms with Crippen LogP contribution in [0.15, 0.2) is 29.5 Å². The van der Waals surface area contributed by atoms with Crippen LogP contribution in [-0.2, 0) is 11.2 Å². The van der Waals surface area contributed by atoms with E-state index in [1.54, 1.807) is 19.3 Å². The molecule has 0 N–H and O–H groups in total. The SMILES string of the molecule is CC=NC(=O)OCCc1ccncc1. The van der Waals surface area contributed by atoms with Crippen molar-refractivity contribution in [2.45, 2.75) is 13.3 Å². The molecule has 0 aromatic carbocycles. The summed E-state index contributed by atoms with van der Waals surface area (Å²) in [6.07, 6.45) is 4.98. The zero-order valence-corrected chi connectivity index (χ0v) is 8.01. The van der Waals surface area contributed by atoms with Crippen LogP contribution >= 0.6 is 0 Å². The van der Waals surface area contributed by atoms with Crippen molar-refractivity contribution in [1.29, 1.82) is 0 Å². The predicted octanol–water partition coefficient (Wildman–Crippen LogP) is 1.85. The Balaban J connectivity index is 2.25. The first-order valence-corrected chi connectivity index (χ1v) is 4.37. The van der Waals surface area contributed by atoms with E-state index in [1.807, 2.05) is 12.1 Å². The van der Waals surface area contributed by atoms with Crippen LogP contribution in [0.4, 0.5) is 4.79 Å². The summed E-state index contributed by atoms with van der Waals surface area (Å²) in [5.41, 5.74) is 1.09. The molecule has 0 saturated carbocycles. The van der Waals surface area contributed by atoms with Crippen LogP contribution in [0.2, 0.25) is 0 Å². The van der Waals surface area contributed by atoms with Gasteiger partial charge in [0.15, 0.2) is 0 Å². The lowest BCUT2D eigenvalue weighted by atomic mass is 10.2. The minimum absolute atomic E-state index is 0.347. The van der Waals surface area contributed by atoms with Crippen LogP contribution in [0.5, 0.6) is 0 Å². The minimum Gasteiger partial charge on any atom is -0.448 e. The summed E-state index contributed by atoms with van der Waals surface area (Å²) in [5.74, 6) is 0. The molecule has 1 amide bonds. The summed E-state index contributed by atoms with van der Waals surface area (Å²) in [5, 5.41) is 0. The molecule has 0 atom stereocenters. The summed E-state index contributed by atoms with van der Waals surface area (Å²) < 4.78 is 4.83. The highest BCUT2D eigenvalue weighted by Crippen LogP contribution is 1.98. The molecule has 1 rings (SSSR count). The summed E-state index contributed by atoms with van der Waals surface area (Å²) in [6, 6.07) is 3.77. The Morgan fingerprint density at radius 3 is 2.93 bits per heavy atom. The topological polar surface area (TPSA) is 51.5 Å². The molecule has 0 aliphatic carbocycles. The van der Waals surface area contributed by atoms with Gasteiger partial charge in [0.1, 0.15) is 0 Å². The van der Waals surface area contributed by atoms with Crippen LogP contribution in [0, 0.1) is 0 Å². The highest BCUT2D eigenvalue weighted by atomic mass is 16.5. The Kier molecular flexibility index (Phi) is 4.34. The van der Waals surface area contributed by atoms with Gasteiger partial charge in [-0.3, -0.25) is 4.98 Å². The van der Waals surface area contributed by atoms with Gasteiger partial charge in [0, 0.05) is 25.0 Å². The van der Waals surface area contributed by atoms with Gasteiger partial charge in [-0.25, -0.2) is 4.79 Å². The molecule has 4 nitrogen and oxygen atoms in total. The number of aliphatic imine (C=N–C) groups is 1. The van der Waals surface area contributed by atoms with Gasteiger partial charge in [-0.05, 0) is 24.6 Å². The summed E-state index contributed by atoms with van der Waals surface area (Å²) in [6.45, 7) is 2.02. The second-order valence-corrected chi connectivity index (χ2v) is 2.61. The van der Waals surface area contributed by atoms with Gasteiger partial charge in [0.2, 0.25) is 0 Å². The van der Waals surface area contributed by atoms with Gasteiger partial charge in [0.05, 0.1) is 6.61 Å². The molecule has 0 radical (unpaired) electrons. The lowest BCUT2D eigenvalue weighted by molar-refractivity contribution is 0.159. The van der Waals surface area contributed by atoms with Crippen LogP contribution < -0.4 is 0 Å². The van der Waals surface area contributed by atoms with E-state index in [0.717, 1.165) is 5.56 Å². The number of carbonyl (C=O) groups is 1. The van der Waals surface area contributed by atoms with Crippen molar-refractivity contribution in [3.8, 4) is 0 Å². The number of hydrogen-bond donors (Lipinski definition) is 0. The molecule has 0 saturated heterocycles. The standard InChI is InChI=1S/C10H12N2O2/c1-2-12-10(13)14-8-5-9-3-6-11-7-4-9/h2-4,6-7H,5,8H2,1H3. The lowest BCUT2D eigenvalue weighted by Gasteiger charge is -2.00. The van der Waals surface area contributed by atoms with Crippen LogP contribution in [-0.4, -0.2) is 23.9 Å². The number of carbonyl (C=O) groups excluding carboxylic acids is 1. The number of amides is 1. The lowest BCUT2D eigenvalue weighted by Crippen LogP contribution is -2.03. The summed E-state index contributed by atoms with van der Waals surface area (Å²) in [4.78, 5) is 18.1. The van der Waals surface area contributed by atoms with E-state index in [4.69, 9.17) is 4.74 Å². The predicted molar refractivity (Wildman–Crippen MR) is 53.5 cm³/mol. The van der Waals surface area contributed by atoms with Gasteiger partial charge in [0.25, 0.3) is 0 Å². The van der Waals surface area contributed by atoms with Crippen molar-refractivity contribution in [2.24, 2.45) is 4.99 Å². The number of hydrogen-bond acceptors (Lipinski definition) is 3. The van der Waals surface area contributed by atoms with E-state index in [9.17, 15) is 4.79 Å². The van der Waals surface area contributed by atoms with Crippen molar-refractivity contribution in [2.75, 3.05) is 6.61 Å². The van der Waals surface area contributed by atoms with Crippen LogP contribution in [0.25, 0.3) is 0 Å². The maximum absolute atomic E-state index is 10.8. The van der Waals surface area contributed by atoms with E-state index < -0.39 is 6.09 Å². The molecule has 1 aromatic rings. The van der Waals surface area contributed by atoms with E-state index in [-0.39, 0.29) is 0 Å². The van der Waals surface area contributed by atoms with Crippen molar-refractivity contribution in [1.82, 2.24) is 4.98 Å². The van der Waals surface area contributed by atoms with E-state index in [0.29, 0.717) is 13.0 Å². The second-order valence-electron chi connectivity index (χ2n) is 2.61.